The van der Waals surface area contributed by atoms with Crippen molar-refractivity contribution in [1.82, 2.24) is 0 Å². The van der Waals surface area contributed by atoms with Gasteiger partial charge in [-0.15, -0.1) is 0 Å². The van der Waals surface area contributed by atoms with Crippen molar-refractivity contribution in [2.24, 2.45) is 4.99 Å². The quantitative estimate of drug-likeness (QED) is 0.0882. The number of hydrogen-bond acceptors (Lipinski definition) is 6. The molecule has 1 aliphatic rings. The van der Waals surface area contributed by atoms with Crippen molar-refractivity contribution in [1.29, 1.82) is 0 Å². The van der Waals surface area contributed by atoms with Gasteiger partial charge in [-0.25, -0.2) is 9.79 Å². The van der Waals surface area contributed by atoms with Crippen LogP contribution in [0.5, 0.6) is 5.75 Å². The summed E-state index contributed by atoms with van der Waals surface area (Å²) in [4.78, 5) is 27.1. The molecule has 1 aliphatic heterocycles. The SMILES string of the molecule is O=C1OC(c2cc([N+](=O)[O-])ccc2Cl)=N/C1=C\c1cc(I)c(OCc2ccc(I)cc2)c(I)c1. The molecule has 7 nitrogen and oxygen atoms in total. The van der Waals surface area contributed by atoms with Gasteiger partial charge in [0.15, 0.2) is 5.70 Å². The number of carbonyl (C=O) groups excluding carboxylic acids is 1. The number of halogens is 4. The van der Waals surface area contributed by atoms with Crippen LogP contribution in [0.2, 0.25) is 5.02 Å². The minimum absolute atomic E-state index is 0.0664. The number of nitro benzene ring substituents is 1. The second-order valence-electron chi connectivity index (χ2n) is 6.99. The second-order valence-corrected chi connectivity index (χ2v) is 11.0. The molecule has 11 heteroatoms. The maximum absolute atomic E-state index is 12.4. The molecule has 0 unspecified atom stereocenters. The van der Waals surface area contributed by atoms with E-state index < -0.39 is 10.9 Å². The molecule has 0 amide bonds. The van der Waals surface area contributed by atoms with Gasteiger partial charge in [-0.2, -0.15) is 0 Å². The maximum Gasteiger partial charge on any atom is 0.363 e. The van der Waals surface area contributed by atoms with Crippen LogP contribution in [0.15, 0.2) is 65.3 Å². The first-order valence-electron chi connectivity index (χ1n) is 9.54. The summed E-state index contributed by atoms with van der Waals surface area (Å²) >= 11 is 12.8. The Labute approximate surface area is 240 Å². The van der Waals surface area contributed by atoms with Gasteiger partial charge in [0.05, 0.1) is 22.6 Å². The van der Waals surface area contributed by atoms with E-state index >= 15 is 0 Å². The topological polar surface area (TPSA) is 91.0 Å². The fraction of sp³-hybridized carbons (Fsp3) is 0.0435. The summed E-state index contributed by atoms with van der Waals surface area (Å²) < 4.78 is 14.2. The Kier molecular flexibility index (Phi) is 8.09. The van der Waals surface area contributed by atoms with Crippen molar-refractivity contribution in [3.63, 3.8) is 0 Å². The molecule has 0 atom stereocenters. The van der Waals surface area contributed by atoms with Crippen molar-refractivity contribution in [2.75, 3.05) is 0 Å². The first-order valence-corrected chi connectivity index (χ1v) is 13.2. The van der Waals surface area contributed by atoms with E-state index in [1.165, 1.54) is 18.2 Å². The molecule has 0 N–H and O–H groups in total. The minimum atomic E-state index is -0.665. The Morgan fingerprint density at radius 3 is 2.38 bits per heavy atom. The van der Waals surface area contributed by atoms with Crippen molar-refractivity contribution in [2.45, 2.75) is 6.61 Å². The van der Waals surface area contributed by atoms with Crippen LogP contribution in [0.4, 0.5) is 5.69 Å². The van der Waals surface area contributed by atoms with E-state index in [1.54, 1.807) is 6.08 Å². The lowest BCUT2D eigenvalue weighted by molar-refractivity contribution is -0.384. The van der Waals surface area contributed by atoms with Crippen LogP contribution in [-0.2, 0) is 16.1 Å². The highest BCUT2D eigenvalue weighted by molar-refractivity contribution is 14.1. The third-order valence-electron chi connectivity index (χ3n) is 4.63. The minimum Gasteiger partial charge on any atom is -0.487 e. The molecule has 0 saturated carbocycles. The molecule has 0 saturated heterocycles. The number of benzene rings is 3. The van der Waals surface area contributed by atoms with Gasteiger partial charge < -0.3 is 9.47 Å². The molecule has 4 rings (SSSR count). The zero-order chi connectivity index (χ0) is 24.4. The Bertz CT molecular complexity index is 1350. The van der Waals surface area contributed by atoms with Gasteiger partial charge in [0.25, 0.3) is 5.69 Å². The van der Waals surface area contributed by atoms with E-state index in [0.717, 1.165) is 27.6 Å². The predicted octanol–water partition coefficient (Wildman–Crippen LogP) is 6.99. The molecule has 0 spiro atoms. The molecule has 0 aliphatic carbocycles. The van der Waals surface area contributed by atoms with Crippen molar-refractivity contribution < 1.29 is 19.2 Å². The van der Waals surface area contributed by atoms with Gasteiger partial charge in [0.1, 0.15) is 12.4 Å². The van der Waals surface area contributed by atoms with Crippen molar-refractivity contribution in [3.05, 3.63) is 103 Å². The van der Waals surface area contributed by atoms with E-state index in [1.807, 2.05) is 36.4 Å². The molecule has 1 heterocycles. The summed E-state index contributed by atoms with van der Waals surface area (Å²) in [6, 6.07) is 15.7. The van der Waals surface area contributed by atoms with E-state index in [-0.39, 0.29) is 27.9 Å². The molecule has 0 bridgehead atoms. The Hall–Kier alpha value is -1.78. The number of carbonyl (C=O) groups is 1. The highest BCUT2D eigenvalue weighted by Gasteiger charge is 2.27. The first-order chi connectivity index (χ1) is 16.2. The monoisotopic (exact) mass is 812 g/mol. The third kappa shape index (κ3) is 5.88. The average molecular weight is 813 g/mol. The van der Waals surface area contributed by atoms with Crippen LogP contribution in [0, 0.1) is 20.8 Å². The lowest BCUT2D eigenvalue weighted by Crippen LogP contribution is -2.06. The number of ether oxygens (including phenoxy) is 2. The van der Waals surface area contributed by atoms with E-state index in [2.05, 4.69) is 72.8 Å². The smallest absolute Gasteiger partial charge is 0.363 e. The summed E-state index contributed by atoms with van der Waals surface area (Å²) in [6.45, 7) is 0.438. The highest BCUT2D eigenvalue weighted by atomic mass is 127. The van der Waals surface area contributed by atoms with Gasteiger partial charge in [-0.1, -0.05) is 23.7 Å². The van der Waals surface area contributed by atoms with Crippen LogP contribution >= 0.6 is 79.4 Å². The number of nitrogens with zero attached hydrogens (tertiary/aromatic N) is 2. The van der Waals surface area contributed by atoms with Gasteiger partial charge in [0.2, 0.25) is 5.90 Å². The molecule has 172 valence electrons. The largest absolute Gasteiger partial charge is 0.487 e. The van der Waals surface area contributed by atoms with Gasteiger partial charge in [0, 0.05) is 15.7 Å². The molecule has 0 fully saturated rings. The molecular formula is C23H12ClI3N2O5. The van der Waals surface area contributed by atoms with Crippen molar-refractivity contribution in [3.8, 4) is 5.75 Å². The lowest BCUT2D eigenvalue weighted by Gasteiger charge is -2.11. The van der Waals surface area contributed by atoms with Crippen LogP contribution < -0.4 is 4.74 Å². The summed E-state index contributed by atoms with van der Waals surface area (Å²) in [6.07, 6.45) is 1.59. The number of rotatable bonds is 6. The molecule has 3 aromatic carbocycles. The number of non-ortho nitro benzene ring substituents is 1. The fourth-order valence-electron chi connectivity index (χ4n) is 3.01. The Morgan fingerprint density at radius 1 is 1.06 bits per heavy atom. The number of cyclic esters (lactones) is 1. The summed E-state index contributed by atoms with van der Waals surface area (Å²) in [7, 11) is 0. The normalized spacial score (nSPS) is 14.2. The summed E-state index contributed by atoms with van der Waals surface area (Å²) in [5, 5.41) is 11.3. The maximum atomic E-state index is 12.4. The van der Waals surface area contributed by atoms with E-state index in [0.29, 0.717) is 6.61 Å². The Morgan fingerprint density at radius 2 is 1.74 bits per heavy atom. The average Bonchev–Trinajstić information content (AvgIpc) is 3.14. The zero-order valence-corrected chi connectivity index (χ0v) is 24.2. The zero-order valence-electron chi connectivity index (χ0n) is 16.9. The Balaban J connectivity index is 1.58. The third-order valence-corrected chi connectivity index (χ3v) is 7.28. The van der Waals surface area contributed by atoms with Gasteiger partial charge in [-0.05, 0) is 115 Å². The molecular weight excluding hydrogens is 800 g/mol. The molecule has 0 aromatic heterocycles. The predicted molar refractivity (Wildman–Crippen MR) is 154 cm³/mol. The molecule has 34 heavy (non-hydrogen) atoms. The standard InChI is InChI=1S/C23H12ClI3N2O5/c24-17-6-5-15(29(31)32)10-16(17)22-28-20(23(30)34-22)9-13-7-18(26)21(19(27)8-13)33-11-12-1-3-14(25)4-2-12/h1-10H,11H2/b20-9-. The van der Waals surface area contributed by atoms with E-state index in [4.69, 9.17) is 21.1 Å². The molecule has 0 radical (unpaired) electrons. The van der Waals surface area contributed by atoms with Crippen LogP contribution in [0.25, 0.3) is 6.08 Å². The number of aliphatic imine (C=N–C) groups is 1. The fourth-order valence-corrected chi connectivity index (χ4v) is 5.70. The van der Waals surface area contributed by atoms with E-state index in [9.17, 15) is 14.9 Å². The summed E-state index contributed by atoms with van der Waals surface area (Å²) in [5.74, 6) is 0.0110. The first kappa shape index (κ1) is 25.3. The van der Waals surface area contributed by atoms with Gasteiger partial charge in [-0.3, -0.25) is 10.1 Å². The van der Waals surface area contributed by atoms with Crippen LogP contribution in [0.3, 0.4) is 0 Å². The summed E-state index contributed by atoms with van der Waals surface area (Å²) in [5.41, 5.74) is 1.86. The molecule has 3 aromatic rings. The number of esters is 1. The van der Waals surface area contributed by atoms with Gasteiger partial charge >= 0.3 is 5.97 Å². The number of hydrogen-bond donors (Lipinski definition) is 0. The lowest BCUT2D eigenvalue weighted by atomic mass is 10.2. The number of nitro groups is 1. The van der Waals surface area contributed by atoms with Crippen molar-refractivity contribution >= 4 is 103 Å². The van der Waals surface area contributed by atoms with Crippen LogP contribution in [-0.4, -0.2) is 16.8 Å². The highest BCUT2D eigenvalue weighted by Crippen LogP contribution is 2.32. The van der Waals surface area contributed by atoms with Crippen LogP contribution in [0.1, 0.15) is 16.7 Å². The second kappa shape index (κ2) is 10.9.